The van der Waals surface area contributed by atoms with Crippen molar-refractivity contribution in [1.82, 2.24) is 10.6 Å². The Labute approximate surface area is 109 Å². The van der Waals surface area contributed by atoms with Crippen LogP contribution < -0.4 is 10.6 Å². The van der Waals surface area contributed by atoms with Crippen LogP contribution in [0, 0.1) is 0 Å². The molecule has 1 saturated heterocycles. The molecule has 9 heteroatoms. The number of carbonyl (C=O) groups is 1. The van der Waals surface area contributed by atoms with Crippen molar-refractivity contribution < 1.29 is 30.0 Å². The highest BCUT2D eigenvalue weighted by Gasteiger charge is 2.43. The van der Waals surface area contributed by atoms with Gasteiger partial charge in [0.2, 0.25) is 0 Å². The molecular formula is C9H17ClN2O6. The first-order valence-electron chi connectivity index (χ1n) is 5.42. The number of aliphatic hydroxyl groups is 4. The molecule has 0 spiro atoms. The van der Waals surface area contributed by atoms with Crippen LogP contribution in [-0.4, -0.2) is 76.1 Å². The summed E-state index contributed by atoms with van der Waals surface area (Å²) in [5.41, 5.74) is 0. The number of halogens is 1. The van der Waals surface area contributed by atoms with Crippen LogP contribution in [0.2, 0.25) is 0 Å². The minimum absolute atomic E-state index is 0.224. The molecule has 8 nitrogen and oxygen atoms in total. The maximum absolute atomic E-state index is 11.3. The number of alkyl halides is 1. The lowest BCUT2D eigenvalue weighted by molar-refractivity contribution is -0.233. The predicted molar refractivity (Wildman–Crippen MR) is 61.0 cm³/mol. The Bertz CT molecular complexity index is 280. The van der Waals surface area contributed by atoms with Crippen LogP contribution >= 0.6 is 11.6 Å². The summed E-state index contributed by atoms with van der Waals surface area (Å²) >= 11 is 5.38. The summed E-state index contributed by atoms with van der Waals surface area (Å²) in [6, 6.07) is -0.639. The molecule has 5 unspecified atom stereocenters. The second kappa shape index (κ2) is 7.07. The predicted octanol–water partition coefficient (Wildman–Crippen LogP) is -2.68. The summed E-state index contributed by atoms with van der Waals surface area (Å²) in [5.74, 6) is 0.224. The molecule has 5 atom stereocenters. The molecule has 0 radical (unpaired) electrons. The molecule has 0 aromatic rings. The van der Waals surface area contributed by atoms with Crippen molar-refractivity contribution in [3.63, 3.8) is 0 Å². The van der Waals surface area contributed by atoms with Crippen LogP contribution in [0.4, 0.5) is 4.79 Å². The van der Waals surface area contributed by atoms with Gasteiger partial charge in [-0.25, -0.2) is 4.79 Å². The topological polar surface area (TPSA) is 131 Å². The van der Waals surface area contributed by atoms with E-state index in [9.17, 15) is 20.1 Å². The molecule has 1 aliphatic heterocycles. The summed E-state index contributed by atoms with van der Waals surface area (Å²) < 4.78 is 5.07. The van der Waals surface area contributed by atoms with Crippen LogP contribution in [0.1, 0.15) is 0 Å². The third-order valence-electron chi connectivity index (χ3n) is 2.55. The van der Waals surface area contributed by atoms with Gasteiger partial charge < -0.3 is 35.8 Å². The Hall–Kier alpha value is -0.640. The first-order chi connectivity index (χ1) is 8.51. The number of nitrogens with one attached hydrogen (secondary N) is 2. The molecule has 0 aromatic carbocycles. The summed E-state index contributed by atoms with van der Waals surface area (Å²) in [4.78, 5) is 11.3. The minimum atomic E-state index is -1.52. The van der Waals surface area contributed by atoms with E-state index in [-0.39, 0.29) is 12.4 Å². The van der Waals surface area contributed by atoms with Crippen molar-refractivity contribution in [1.29, 1.82) is 0 Å². The average molecular weight is 285 g/mol. The molecular weight excluding hydrogens is 268 g/mol. The zero-order chi connectivity index (χ0) is 13.7. The van der Waals surface area contributed by atoms with E-state index in [1.54, 1.807) is 0 Å². The van der Waals surface area contributed by atoms with Gasteiger partial charge in [-0.05, 0) is 0 Å². The molecule has 1 aliphatic rings. The molecule has 2 amide bonds. The van der Waals surface area contributed by atoms with Crippen molar-refractivity contribution in [2.45, 2.75) is 30.6 Å². The van der Waals surface area contributed by atoms with Gasteiger partial charge in [0, 0.05) is 12.4 Å². The van der Waals surface area contributed by atoms with E-state index in [1.165, 1.54) is 0 Å². The highest BCUT2D eigenvalue weighted by molar-refractivity contribution is 6.18. The van der Waals surface area contributed by atoms with Crippen molar-refractivity contribution in [2.24, 2.45) is 0 Å². The lowest BCUT2D eigenvalue weighted by atomic mass is 9.98. The number of aliphatic hydroxyl groups excluding tert-OH is 4. The van der Waals surface area contributed by atoms with E-state index in [1.807, 2.05) is 0 Å². The van der Waals surface area contributed by atoms with Gasteiger partial charge in [-0.15, -0.1) is 11.6 Å². The quantitative estimate of drug-likeness (QED) is 0.312. The molecule has 0 aromatic heterocycles. The van der Waals surface area contributed by atoms with Crippen molar-refractivity contribution in [3.8, 4) is 0 Å². The standard InChI is InChI=1S/C9H17ClN2O6/c10-1-2-11-9(17)12-8-7(16)6(15)5(14)4(3-13)18-8/h4-8,13-16H,1-3H2,(H2,11,12,17). The van der Waals surface area contributed by atoms with Gasteiger partial charge in [-0.1, -0.05) is 0 Å². The fourth-order valence-electron chi connectivity index (χ4n) is 1.56. The summed E-state index contributed by atoms with van der Waals surface area (Å²) in [6.07, 6.45) is -6.75. The Morgan fingerprint density at radius 1 is 1.22 bits per heavy atom. The van der Waals surface area contributed by atoms with Crippen molar-refractivity contribution in [2.75, 3.05) is 19.0 Å². The Kier molecular flexibility index (Phi) is 6.06. The molecule has 1 rings (SSSR count). The van der Waals surface area contributed by atoms with Gasteiger partial charge in [0.05, 0.1) is 6.61 Å². The molecule has 0 aliphatic carbocycles. The number of hydrogen-bond donors (Lipinski definition) is 6. The van der Waals surface area contributed by atoms with Gasteiger partial charge in [0.15, 0.2) is 6.23 Å². The van der Waals surface area contributed by atoms with Crippen LogP contribution in [0.25, 0.3) is 0 Å². The summed E-state index contributed by atoms with van der Waals surface area (Å²) in [5, 5.41) is 42.2. The van der Waals surface area contributed by atoms with E-state index < -0.39 is 43.3 Å². The van der Waals surface area contributed by atoms with Crippen LogP contribution in [-0.2, 0) is 4.74 Å². The normalized spacial score (nSPS) is 36.2. The highest BCUT2D eigenvalue weighted by atomic mass is 35.5. The fourth-order valence-corrected chi connectivity index (χ4v) is 1.66. The lowest BCUT2D eigenvalue weighted by Gasteiger charge is -2.40. The maximum atomic E-state index is 11.3. The molecule has 18 heavy (non-hydrogen) atoms. The number of carbonyl (C=O) groups excluding carboxylic acids is 1. The van der Waals surface area contributed by atoms with Crippen molar-refractivity contribution in [3.05, 3.63) is 0 Å². The number of ether oxygens (including phenoxy) is 1. The molecule has 0 bridgehead atoms. The van der Waals surface area contributed by atoms with Crippen LogP contribution in [0.5, 0.6) is 0 Å². The highest BCUT2D eigenvalue weighted by Crippen LogP contribution is 2.19. The molecule has 0 saturated carbocycles. The Balaban J connectivity index is 2.56. The van der Waals surface area contributed by atoms with Gasteiger partial charge in [0.1, 0.15) is 24.4 Å². The second-order valence-electron chi connectivity index (χ2n) is 3.84. The number of hydrogen-bond acceptors (Lipinski definition) is 6. The van der Waals surface area contributed by atoms with Gasteiger partial charge in [0.25, 0.3) is 0 Å². The Morgan fingerprint density at radius 3 is 2.44 bits per heavy atom. The SMILES string of the molecule is O=C(NCCCl)NC1OC(CO)C(O)C(O)C1O. The zero-order valence-electron chi connectivity index (χ0n) is 9.49. The van der Waals surface area contributed by atoms with Gasteiger partial charge in [-0.3, -0.25) is 0 Å². The third kappa shape index (κ3) is 3.67. The smallest absolute Gasteiger partial charge is 0.316 e. The second-order valence-corrected chi connectivity index (χ2v) is 4.22. The number of amides is 2. The number of urea groups is 1. The van der Waals surface area contributed by atoms with Crippen LogP contribution in [0.3, 0.4) is 0 Å². The lowest BCUT2D eigenvalue weighted by Crippen LogP contribution is -2.64. The number of rotatable bonds is 4. The van der Waals surface area contributed by atoms with Gasteiger partial charge in [-0.2, -0.15) is 0 Å². The minimum Gasteiger partial charge on any atom is -0.394 e. The zero-order valence-corrected chi connectivity index (χ0v) is 10.2. The Morgan fingerprint density at radius 2 is 1.89 bits per heavy atom. The van der Waals surface area contributed by atoms with E-state index in [0.29, 0.717) is 0 Å². The molecule has 1 fully saturated rings. The van der Waals surface area contributed by atoms with Crippen molar-refractivity contribution >= 4 is 17.6 Å². The monoisotopic (exact) mass is 284 g/mol. The third-order valence-corrected chi connectivity index (χ3v) is 2.73. The van der Waals surface area contributed by atoms with E-state index in [4.69, 9.17) is 21.4 Å². The average Bonchev–Trinajstić information content (AvgIpc) is 2.37. The van der Waals surface area contributed by atoms with Gasteiger partial charge >= 0.3 is 6.03 Å². The largest absolute Gasteiger partial charge is 0.394 e. The van der Waals surface area contributed by atoms with Crippen LogP contribution in [0.15, 0.2) is 0 Å². The van der Waals surface area contributed by atoms with E-state index >= 15 is 0 Å². The summed E-state index contributed by atoms with van der Waals surface area (Å²) in [7, 11) is 0. The molecule has 106 valence electrons. The van der Waals surface area contributed by atoms with E-state index in [0.717, 1.165) is 0 Å². The fraction of sp³-hybridized carbons (Fsp3) is 0.889. The van der Waals surface area contributed by atoms with E-state index in [2.05, 4.69) is 10.6 Å². The maximum Gasteiger partial charge on any atom is 0.316 e. The first-order valence-corrected chi connectivity index (χ1v) is 5.95. The molecule has 6 N–H and O–H groups in total. The summed E-state index contributed by atoms with van der Waals surface area (Å²) in [6.45, 7) is -0.322. The first kappa shape index (κ1) is 15.4. The molecule has 1 heterocycles.